The number of nitrogens with one attached hydrogen (secondary N) is 2. The summed E-state index contributed by atoms with van der Waals surface area (Å²) in [5, 5.41) is 16.6. The van der Waals surface area contributed by atoms with Crippen LogP contribution in [0, 0.1) is 16.0 Å². The second-order valence-corrected chi connectivity index (χ2v) is 4.70. The predicted molar refractivity (Wildman–Crippen MR) is 72.3 cm³/mol. The van der Waals surface area contributed by atoms with Gasteiger partial charge in [0.2, 0.25) is 0 Å². The van der Waals surface area contributed by atoms with Crippen molar-refractivity contribution in [2.24, 2.45) is 5.92 Å². The summed E-state index contributed by atoms with van der Waals surface area (Å²) in [6, 6.07) is 4.69. The van der Waals surface area contributed by atoms with Gasteiger partial charge < -0.3 is 10.6 Å². The molecule has 102 valence electrons. The minimum Gasteiger partial charge on any atom is -0.383 e. The monoisotopic (exact) mass is 263 g/mol. The van der Waals surface area contributed by atoms with Crippen molar-refractivity contribution in [3.63, 3.8) is 0 Å². The number of nitro benzene ring substituents is 1. The summed E-state index contributed by atoms with van der Waals surface area (Å²) in [6.45, 7) is 0.574. The third kappa shape index (κ3) is 3.21. The minimum absolute atomic E-state index is 0.104. The highest BCUT2D eigenvalue weighted by Gasteiger charge is 2.25. The molecule has 1 aromatic rings. The zero-order valence-corrected chi connectivity index (χ0v) is 10.8. The van der Waals surface area contributed by atoms with E-state index in [0.29, 0.717) is 12.2 Å². The van der Waals surface area contributed by atoms with Gasteiger partial charge in [0, 0.05) is 13.6 Å². The van der Waals surface area contributed by atoms with Crippen molar-refractivity contribution in [1.82, 2.24) is 5.32 Å². The largest absolute Gasteiger partial charge is 0.383 e. The molecular weight excluding hydrogens is 246 g/mol. The standard InChI is InChI=1S/C13H17N3O3/c1-14-11-4-2-3-10(12(11)16(18)19)13(17)15-8-7-9-5-6-9/h2-4,9,14H,5-8H2,1H3,(H,15,17). The second kappa shape index (κ2) is 5.69. The van der Waals surface area contributed by atoms with Crippen molar-refractivity contribution in [3.05, 3.63) is 33.9 Å². The van der Waals surface area contributed by atoms with E-state index >= 15 is 0 Å². The van der Waals surface area contributed by atoms with Crippen LogP contribution in [0.2, 0.25) is 0 Å². The normalized spacial score (nSPS) is 13.9. The van der Waals surface area contributed by atoms with Crippen LogP contribution in [0.4, 0.5) is 11.4 Å². The van der Waals surface area contributed by atoms with Gasteiger partial charge in [-0.25, -0.2) is 0 Å². The number of nitrogens with zero attached hydrogens (tertiary/aromatic N) is 1. The lowest BCUT2D eigenvalue weighted by atomic mass is 10.1. The van der Waals surface area contributed by atoms with Crippen LogP contribution in [0.15, 0.2) is 18.2 Å². The van der Waals surface area contributed by atoms with Gasteiger partial charge in [-0.3, -0.25) is 14.9 Å². The van der Waals surface area contributed by atoms with Gasteiger partial charge in [-0.05, 0) is 24.5 Å². The van der Waals surface area contributed by atoms with Crippen LogP contribution in [0.1, 0.15) is 29.6 Å². The summed E-state index contributed by atoms with van der Waals surface area (Å²) in [5.74, 6) is 0.336. The van der Waals surface area contributed by atoms with Crippen molar-refractivity contribution in [3.8, 4) is 0 Å². The number of carbonyl (C=O) groups excluding carboxylic acids is 1. The first-order valence-corrected chi connectivity index (χ1v) is 6.37. The van der Waals surface area contributed by atoms with E-state index < -0.39 is 4.92 Å². The molecule has 1 amide bonds. The minimum atomic E-state index is -0.526. The molecule has 2 rings (SSSR count). The molecule has 19 heavy (non-hydrogen) atoms. The van der Waals surface area contributed by atoms with Crippen molar-refractivity contribution < 1.29 is 9.72 Å². The Bertz CT molecular complexity index is 498. The van der Waals surface area contributed by atoms with Crippen LogP contribution >= 0.6 is 0 Å². The zero-order valence-electron chi connectivity index (χ0n) is 10.8. The molecule has 1 aromatic carbocycles. The first-order valence-electron chi connectivity index (χ1n) is 6.37. The van der Waals surface area contributed by atoms with Crippen LogP contribution in [-0.2, 0) is 0 Å². The smallest absolute Gasteiger partial charge is 0.305 e. The average molecular weight is 263 g/mol. The summed E-state index contributed by atoms with van der Waals surface area (Å²) in [4.78, 5) is 22.6. The van der Waals surface area contributed by atoms with E-state index in [2.05, 4.69) is 10.6 Å². The summed E-state index contributed by atoms with van der Waals surface area (Å²) >= 11 is 0. The number of benzene rings is 1. The van der Waals surface area contributed by atoms with Crippen LogP contribution < -0.4 is 10.6 Å². The van der Waals surface area contributed by atoms with Crippen molar-refractivity contribution >= 4 is 17.3 Å². The number of carbonyl (C=O) groups is 1. The Kier molecular flexibility index (Phi) is 3.99. The van der Waals surface area contributed by atoms with E-state index in [4.69, 9.17) is 0 Å². The van der Waals surface area contributed by atoms with Crippen LogP contribution in [0.3, 0.4) is 0 Å². The quantitative estimate of drug-likeness (QED) is 0.608. The van der Waals surface area contributed by atoms with Crippen LogP contribution in [-0.4, -0.2) is 24.4 Å². The molecule has 1 saturated carbocycles. The fraction of sp³-hybridized carbons (Fsp3) is 0.462. The second-order valence-electron chi connectivity index (χ2n) is 4.70. The van der Waals surface area contributed by atoms with Gasteiger partial charge in [-0.2, -0.15) is 0 Å². The van der Waals surface area contributed by atoms with E-state index in [1.54, 1.807) is 19.2 Å². The number of hydrogen-bond acceptors (Lipinski definition) is 4. The number of rotatable bonds is 6. The maximum Gasteiger partial charge on any atom is 0.305 e. The Balaban J connectivity index is 2.12. The maximum absolute atomic E-state index is 12.0. The summed E-state index contributed by atoms with van der Waals surface area (Å²) < 4.78 is 0. The van der Waals surface area contributed by atoms with E-state index in [1.807, 2.05) is 0 Å². The van der Waals surface area contributed by atoms with Gasteiger partial charge in [0.1, 0.15) is 11.3 Å². The van der Waals surface area contributed by atoms with E-state index in [-0.39, 0.29) is 17.2 Å². The van der Waals surface area contributed by atoms with Gasteiger partial charge in [-0.1, -0.05) is 18.9 Å². The Labute approximate surface area is 111 Å². The maximum atomic E-state index is 12.0. The highest BCUT2D eigenvalue weighted by Crippen LogP contribution is 2.32. The fourth-order valence-electron chi connectivity index (χ4n) is 2.02. The van der Waals surface area contributed by atoms with Crippen molar-refractivity contribution in [1.29, 1.82) is 0 Å². The molecule has 6 nitrogen and oxygen atoms in total. The van der Waals surface area contributed by atoms with Gasteiger partial charge in [0.05, 0.1) is 4.92 Å². The number of hydrogen-bond donors (Lipinski definition) is 2. The zero-order chi connectivity index (χ0) is 13.8. The molecule has 0 aromatic heterocycles. The molecule has 0 atom stereocenters. The Morgan fingerprint density at radius 1 is 1.47 bits per heavy atom. The number of anilines is 1. The third-order valence-corrected chi connectivity index (χ3v) is 3.27. The Hall–Kier alpha value is -2.11. The van der Waals surface area contributed by atoms with Crippen LogP contribution in [0.5, 0.6) is 0 Å². The molecule has 0 aliphatic heterocycles. The van der Waals surface area contributed by atoms with E-state index in [0.717, 1.165) is 12.3 Å². The summed E-state index contributed by atoms with van der Waals surface area (Å²) in [7, 11) is 1.59. The van der Waals surface area contributed by atoms with Crippen molar-refractivity contribution in [2.45, 2.75) is 19.3 Å². The van der Waals surface area contributed by atoms with E-state index in [9.17, 15) is 14.9 Å². The molecule has 0 unspecified atom stereocenters. The lowest BCUT2D eigenvalue weighted by Crippen LogP contribution is -2.25. The SMILES string of the molecule is CNc1cccc(C(=O)NCCC2CC2)c1[N+](=O)[O-]. The van der Waals surface area contributed by atoms with Crippen molar-refractivity contribution in [2.75, 3.05) is 18.9 Å². The topological polar surface area (TPSA) is 84.3 Å². The molecular formula is C13H17N3O3. The van der Waals surface area contributed by atoms with Gasteiger partial charge >= 0.3 is 5.69 Å². The molecule has 0 saturated heterocycles. The van der Waals surface area contributed by atoms with Gasteiger partial charge in [-0.15, -0.1) is 0 Å². The molecule has 0 heterocycles. The lowest BCUT2D eigenvalue weighted by molar-refractivity contribution is -0.384. The van der Waals surface area contributed by atoms with Gasteiger partial charge in [0.25, 0.3) is 5.91 Å². The fourth-order valence-corrected chi connectivity index (χ4v) is 2.02. The molecule has 6 heteroatoms. The van der Waals surface area contributed by atoms with E-state index in [1.165, 1.54) is 18.9 Å². The highest BCUT2D eigenvalue weighted by molar-refractivity contribution is 6.00. The molecule has 0 bridgehead atoms. The first-order chi connectivity index (χ1) is 9.13. The lowest BCUT2D eigenvalue weighted by Gasteiger charge is -2.08. The van der Waals surface area contributed by atoms with Gasteiger partial charge in [0.15, 0.2) is 0 Å². The highest BCUT2D eigenvalue weighted by atomic mass is 16.6. The molecule has 1 fully saturated rings. The Morgan fingerprint density at radius 2 is 2.21 bits per heavy atom. The number of amides is 1. The summed E-state index contributed by atoms with van der Waals surface area (Å²) in [6.07, 6.45) is 3.40. The Morgan fingerprint density at radius 3 is 2.79 bits per heavy atom. The molecule has 0 radical (unpaired) electrons. The first kappa shape index (κ1) is 13.3. The molecule has 0 spiro atoms. The predicted octanol–water partition coefficient (Wildman–Crippen LogP) is 2.17. The molecule has 1 aliphatic rings. The number of nitro groups is 1. The van der Waals surface area contributed by atoms with Crippen LogP contribution in [0.25, 0.3) is 0 Å². The average Bonchev–Trinajstić information content (AvgIpc) is 3.21. The number of para-hydroxylation sites is 1. The summed E-state index contributed by atoms with van der Waals surface area (Å²) in [5.41, 5.74) is 0.279. The molecule has 1 aliphatic carbocycles. The molecule has 2 N–H and O–H groups in total. The third-order valence-electron chi connectivity index (χ3n) is 3.27.